The Labute approximate surface area is 246 Å². The first-order chi connectivity index (χ1) is 20.0. The van der Waals surface area contributed by atoms with Gasteiger partial charge in [0, 0.05) is 18.0 Å². The normalized spacial score (nSPS) is 20.3. The summed E-state index contributed by atoms with van der Waals surface area (Å²) in [6.45, 7) is 9.42. The monoisotopic (exact) mass is 570 g/mol. The summed E-state index contributed by atoms with van der Waals surface area (Å²) in [5.74, 6) is 0.592. The van der Waals surface area contributed by atoms with Gasteiger partial charge in [0.15, 0.2) is 0 Å². The van der Waals surface area contributed by atoms with E-state index < -0.39 is 23.8 Å². The van der Waals surface area contributed by atoms with E-state index in [1.165, 1.54) is 0 Å². The van der Waals surface area contributed by atoms with Crippen LogP contribution in [0.25, 0.3) is 16.9 Å². The van der Waals surface area contributed by atoms with Crippen LogP contribution in [-0.4, -0.2) is 61.7 Å². The van der Waals surface area contributed by atoms with Crippen LogP contribution in [0.4, 0.5) is 4.79 Å². The number of hydrogen-bond donors (Lipinski definition) is 1. The smallest absolute Gasteiger partial charge is 0.411 e. The zero-order valence-electron chi connectivity index (χ0n) is 24.8. The topological polar surface area (TPSA) is 122 Å². The molecule has 10 heteroatoms. The van der Waals surface area contributed by atoms with E-state index >= 15 is 0 Å². The summed E-state index contributed by atoms with van der Waals surface area (Å²) in [6.07, 6.45) is 4.39. The molecular formula is C32H38N6O4. The minimum absolute atomic E-state index is 0.00392. The molecule has 1 saturated carbocycles. The van der Waals surface area contributed by atoms with Gasteiger partial charge in [-0.3, -0.25) is 9.69 Å². The zero-order valence-corrected chi connectivity index (χ0v) is 24.8. The molecule has 1 N–H and O–H groups in total. The van der Waals surface area contributed by atoms with Gasteiger partial charge in [0.1, 0.15) is 29.1 Å². The maximum atomic E-state index is 13.4. The van der Waals surface area contributed by atoms with Crippen molar-refractivity contribution < 1.29 is 19.1 Å². The van der Waals surface area contributed by atoms with Crippen LogP contribution in [0.1, 0.15) is 59.4 Å². The third kappa shape index (κ3) is 6.56. The van der Waals surface area contributed by atoms with Crippen molar-refractivity contribution in [1.29, 1.82) is 5.26 Å². The van der Waals surface area contributed by atoms with Gasteiger partial charge in [-0.05, 0) is 102 Å². The molecule has 0 spiro atoms. The maximum Gasteiger partial charge on any atom is 0.411 e. The molecule has 4 atom stereocenters. The standard InChI is InChI=1S/C32H38N6O4/c1-20(2)41-27-14-9-22(10-15-27)28-19-37(36-35-28)25-11-6-21(7-12-25)16-24(18-33)34-30(39)29-23-8-13-26(17-23)38(29)31(40)42-32(3,4)5/h6-7,9-12,14-15,19-20,23-24,26,29H,8,13,16-17H2,1-5H3,(H,34,39)/t23-,24-,26+,29-/m0/s1. The highest BCUT2D eigenvalue weighted by Gasteiger charge is 2.52. The molecule has 2 amide bonds. The van der Waals surface area contributed by atoms with Crippen LogP contribution in [0.5, 0.6) is 5.75 Å². The summed E-state index contributed by atoms with van der Waals surface area (Å²) in [6, 6.07) is 16.2. The molecule has 2 heterocycles. The summed E-state index contributed by atoms with van der Waals surface area (Å²) in [5, 5.41) is 21.3. The van der Waals surface area contributed by atoms with Crippen molar-refractivity contribution in [3.8, 4) is 28.8 Å². The Bertz CT molecular complexity index is 1450. The molecule has 2 aliphatic rings. The van der Waals surface area contributed by atoms with Gasteiger partial charge < -0.3 is 14.8 Å². The molecule has 1 aliphatic carbocycles. The van der Waals surface area contributed by atoms with Gasteiger partial charge in [-0.25, -0.2) is 9.48 Å². The van der Waals surface area contributed by atoms with Gasteiger partial charge in [0.25, 0.3) is 0 Å². The third-order valence-electron chi connectivity index (χ3n) is 7.59. The Hall–Kier alpha value is -4.39. The first-order valence-corrected chi connectivity index (χ1v) is 14.5. The van der Waals surface area contributed by atoms with E-state index in [1.54, 1.807) is 9.58 Å². The predicted molar refractivity (Wildman–Crippen MR) is 157 cm³/mol. The van der Waals surface area contributed by atoms with Crippen molar-refractivity contribution in [3.05, 3.63) is 60.3 Å². The number of piperidine rings is 1. The fraction of sp³-hybridized carbons (Fsp3) is 0.469. The van der Waals surface area contributed by atoms with E-state index in [-0.39, 0.29) is 24.0 Å². The molecule has 2 bridgehead atoms. The van der Waals surface area contributed by atoms with Gasteiger partial charge in [-0.15, -0.1) is 5.10 Å². The fourth-order valence-electron chi connectivity index (χ4n) is 5.81. The van der Waals surface area contributed by atoms with Gasteiger partial charge in [-0.1, -0.05) is 17.3 Å². The molecule has 42 heavy (non-hydrogen) atoms. The number of amides is 2. The average Bonchev–Trinajstić information content (AvgIpc) is 3.69. The number of rotatable bonds is 8. The number of nitrogens with one attached hydrogen (secondary N) is 1. The van der Waals surface area contributed by atoms with Crippen LogP contribution in [0.15, 0.2) is 54.7 Å². The molecule has 220 valence electrons. The van der Waals surface area contributed by atoms with Crippen molar-refractivity contribution >= 4 is 12.0 Å². The molecule has 3 aromatic rings. The summed E-state index contributed by atoms with van der Waals surface area (Å²) in [4.78, 5) is 27.9. The quantitative estimate of drug-likeness (QED) is 0.402. The zero-order chi connectivity index (χ0) is 30.0. The van der Waals surface area contributed by atoms with Crippen LogP contribution < -0.4 is 10.1 Å². The summed E-state index contributed by atoms with van der Waals surface area (Å²) in [5.41, 5.74) is 2.74. The Morgan fingerprint density at radius 1 is 1.10 bits per heavy atom. The fourth-order valence-corrected chi connectivity index (χ4v) is 5.81. The third-order valence-corrected chi connectivity index (χ3v) is 7.59. The molecule has 5 rings (SSSR count). The summed E-state index contributed by atoms with van der Waals surface area (Å²) < 4.78 is 13.0. The Balaban J connectivity index is 1.21. The second-order valence-corrected chi connectivity index (χ2v) is 12.4. The highest BCUT2D eigenvalue weighted by atomic mass is 16.6. The van der Waals surface area contributed by atoms with Crippen molar-refractivity contribution in [2.75, 3.05) is 0 Å². The molecular weight excluding hydrogens is 532 g/mol. The van der Waals surface area contributed by atoms with E-state index in [9.17, 15) is 14.9 Å². The number of carbonyl (C=O) groups excluding carboxylic acids is 2. The number of aromatic nitrogens is 3. The Kier molecular flexibility index (Phi) is 8.21. The Morgan fingerprint density at radius 3 is 2.45 bits per heavy atom. The second-order valence-electron chi connectivity index (χ2n) is 12.4. The molecule has 0 radical (unpaired) electrons. The average molecular weight is 571 g/mol. The van der Waals surface area contributed by atoms with Crippen molar-refractivity contribution in [3.63, 3.8) is 0 Å². The minimum atomic E-state index is -0.733. The molecule has 2 aromatic carbocycles. The number of hydrogen-bond acceptors (Lipinski definition) is 7. The summed E-state index contributed by atoms with van der Waals surface area (Å²) >= 11 is 0. The van der Waals surface area contributed by atoms with E-state index in [0.717, 1.165) is 47.5 Å². The summed E-state index contributed by atoms with van der Waals surface area (Å²) in [7, 11) is 0. The molecule has 1 aliphatic heterocycles. The van der Waals surface area contributed by atoms with Crippen molar-refractivity contribution in [2.45, 2.75) is 90.1 Å². The number of fused-ring (bicyclic) bond motifs is 2. The largest absolute Gasteiger partial charge is 0.491 e. The number of ether oxygens (including phenoxy) is 2. The lowest BCUT2D eigenvalue weighted by molar-refractivity contribution is -0.128. The SMILES string of the molecule is CC(C)Oc1ccc(-c2cn(-c3ccc(C[C@@H](C#N)NC(=O)[C@@H]4[C@H]5CC[C@H](C5)N4C(=O)OC(C)(C)C)cc3)nn2)cc1. The number of carbonyl (C=O) groups is 2. The van der Waals surface area contributed by atoms with Gasteiger partial charge in [0.2, 0.25) is 5.91 Å². The van der Waals surface area contributed by atoms with E-state index in [2.05, 4.69) is 21.7 Å². The van der Waals surface area contributed by atoms with Crippen molar-refractivity contribution in [1.82, 2.24) is 25.2 Å². The molecule has 1 aromatic heterocycles. The van der Waals surface area contributed by atoms with Crippen LogP contribution >= 0.6 is 0 Å². The Morgan fingerprint density at radius 2 is 1.81 bits per heavy atom. The van der Waals surface area contributed by atoms with E-state index in [0.29, 0.717) is 6.42 Å². The highest BCUT2D eigenvalue weighted by Crippen LogP contribution is 2.43. The van der Waals surface area contributed by atoms with Crippen molar-refractivity contribution in [2.24, 2.45) is 5.92 Å². The molecule has 10 nitrogen and oxygen atoms in total. The van der Waals surface area contributed by atoms with Crippen LogP contribution in [0, 0.1) is 17.2 Å². The molecule has 0 unspecified atom stereocenters. The first kappa shape index (κ1) is 29.1. The number of likely N-dealkylation sites (tertiary alicyclic amines) is 1. The minimum Gasteiger partial charge on any atom is -0.491 e. The lowest BCUT2D eigenvalue weighted by Crippen LogP contribution is -2.55. The van der Waals surface area contributed by atoms with E-state index in [4.69, 9.17) is 9.47 Å². The predicted octanol–water partition coefficient (Wildman–Crippen LogP) is 5.06. The lowest BCUT2D eigenvalue weighted by Gasteiger charge is -2.35. The number of benzene rings is 2. The molecule has 1 saturated heterocycles. The lowest BCUT2D eigenvalue weighted by atomic mass is 9.97. The maximum absolute atomic E-state index is 13.4. The highest BCUT2D eigenvalue weighted by molar-refractivity contribution is 5.87. The van der Waals surface area contributed by atoms with Crippen LogP contribution in [-0.2, 0) is 16.0 Å². The van der Waals surface area contributed by atoms with Crippen LogP contribution in [0.3, 0.4) is 0 Å². The second kappa shape index (κ2) is 11.8. The number of nitrogens with zero attached hydrogens (tertiary/aromatic N) is 5. The van der Waals surface area contributed by atoms with Gasteiger partial charge in [0.05, 0.1) is 24.1 Å². The first-order valence-electron chi connectivity index (χ1n) is 14.5. The van der Waals surface area contributed by atoms with Gasteiger partial charge in [-0.2, -0.15) is 5.26 Å². The van der Waals surface area contributed by atoms with Gasteiger partial charge >= 0.3 is 6.09 Å². The molecule has 2 fully saturated rings. The van der Waals surface area contributed by atoms with Crippen LogP contribution in [0.2, 0.25) is 0 Å². The number of nitriles is 1. The van der Waals surface area contributed by atoms with E-state index in [1.807, 2.05) is 89.3 Å².